The van der Waals surface area contributed by atoms with Gasteiger partial charge in [-0.3, -0.25) is 0 Å². The van der Waals surface area contributed by atoms with Crippen molar-refractivity contribution in [3.8, 4) is 0 Å². The summed E-state index contributed by atoms with van der Waals surface area (Å²) in [5, 5.41) is 2.08. The Hall–Kier alpha value is -0.840. The predicted molar refractivity (Wildman–Crippen MR) is 63.6 cm³/mol. The van der Waals surface area contributed by atoms with Gasteiger partial charge >= 0.3 is 0 Å². The Morgan fingerprint density at radius 3 is 3.31 bits per heavy atom. The molecule has 0 aliphatic carbocycles. The lowest BCUT2D eigenvalue weighted by Gasteiger charge is -2.24. The second kappa shape index (κ2) is 4.20. The molecule has 0 aromatic carbocycles. The van der Waals surface area contributed by atoms with Crippen LogP contribution in [0.1, 0.15) is 22.4 Å². The van der Waals surface area contributed by atoms with Gasteiger partial charge in [-0.25, -0.2) is 4.98 Å². The molecule has 3 nitrogen and oxygen atoms in total. The summed E-state index contributed by atoms with van der Waals surface area (Å²) in [5.41, 5.74) is 2.05. The number of rotatable bonds is 2. The summed E-state index contributed by atoms with van der Waals surface area (Å²) >= 11 is 7.54. The van der Waals surface area contributed by atoms with Crippen LogP contribution >= 0.6 is 22.9 Å². The van der Waals surface area contributed by atoms with Crippen molar-refractivity contribution >= 4 is 22.9 Å². The lowest BCUT2D eigenvalue weighted by molar-refractivity contribution is 0.00487. The van der Waals surface area contributed by atoms with Crippen LogP contribution in [-0.4, -0.2) is 9.55 Å². The zero-order valence-corrected chi connectivity index (χ0v) is 10.2. The minimum absolute atomic E-state index is 0.157. The number of ether oxygens (including phenoxy) is 1. The zero-order chi connectivity index (χ0) is 11.0. The van der Waals surface area contributed by atoms with Crippen LogP contribution < -0.4 is 0 Å². The molecule has 0 bridgehead atoms. The topological polar surface area (TPSA) is 27.1 Å². The van der Waals surface area contributed by atoms with Crippen LogP contribution in [-0.2, 0) is 23.8 Å². The van der Waals surface area contributed by atoms with Crippen molar-refractivity contribution in [1.29, 1.82) is 0 Å². The van der Waals surface area contributed by atoms with Gasteiger partial charge in [-0.15, -0.1) is 22.9 Å². The third kappa shape index (κ3) is 1.67. The molecule has 3 rings (SSSR count). The maximum Gasteiger partial charge on any atom is 0.110 e. The fourth-order valence-corrected chi connectivity index (χ4v) is 2.93. The highest BCUT2D eigenvalue weighted by atomic mass is 35.5. The third-order valence-corrected chi connectivity index (χ3v) is 4.02. The number of thiophene rings is 1. The Bertz CT molecular complexity index is 480. The minimum Gasteiger partial charge on any atom is -0.365 e. The van der Waals surface area contributed by atoms with E-state index >= 15 is 0 Å². The number of hydrogen-bond acceptors (Lipinski definition) is 3. The van der Waals surface area contributed by atoms with E-state index in [0.29, 0.717) is 12.5 Å². The molecule has 0 amide bonds. The molecule has 0 saturated heterocycles. The van der Waals surface area contributed by atoms with Gasteiger partial charge < -0.3 is 9.30 Å². The fourth-order valence-electron chi connectivity index (χ4n) is 1.94. The molecular weight excluding hydrogens is 244 g/mol. The van der Waals surface area contributed by atoms with Crippen LogP contribution in [0.4, 0.5) is 0 Å². The number of imidazole rings is 1. The molecule has 1 atom stereocenters. The van der Waals surface area contributed by atoms with Crippen LogP contribution in [0, 0.1) is 0 Å². The van der Waals surface area contributed by atoms with E-state index in [2.05, 4.69) is 27.1 Å². The van der Waals surface area contributed by atoms with Crippen molar-refractivity contribution in [2.24, 2.45) is 0 Å². The van der Waals surface area contributed by atoms with Crippen molar-refractivity contribution in [3.63, 3.8) is 0 Å². The molecule has 0 fully saturated rings. The molecule has 2 aromatic rings. The molecule has 0 radical (unpaired) electrons. The monoisotopic (exact) mass is 254 g/mol. The van der Waals surface area contributed by atoms with Gasteiger partial charge in [0.05, 0.1) is 36.7 Å². The highest BCUT2D eigenvalue weighted by Crippen LogP contribution is 2.30. The summed E-state index contributed by atoms with van der Waals surface area (Å²) in [5.74, 6) is 0.454. The molecule has 1 aliphatic rings. The Labute approximate surface area is 103 Å². The first-order chi connectivity index (χ1) is 7.88. The van der Waals surface area contributed by atoms with E-state index in [0.717, 1.165) is 17.9 Å². The Kier molecular flexibility index (Phi) is 2.71. The van der Waals surface area contributed by atoms with E-state index in [1.54, 1.807) is 11.3 Å². The summed E-state index contributed by atoms with van der Waals surface area (Å²) in [6.07, 6.45) is 2.01. The van der Waals surface area contributed by atoms with Crippen LogP contribution in [0.25, 0.3) is 0 Å². The van der Waals surface area contributed by atoms with Crippen molar-refractivity contribution in [3.05, 3.63) is 40.1 Å². The SMILES string of the molecule is ClCc1ncn2c1COC(c1cccs1)C2. The van der Waals surface area contributed by atoms with Crippen LogP contribution in [0.5, 0.6) is 0 Å². The first-order valence-corrected chi connectivity index (χ1v) is 6.53. The van der Waals surface area contributed by atoms with Gasteiger partial charge in [0.25, 0.3) is 0 Å². The summed E-state index contributed by atoms with van der Waals surface area (Å²) in [4.78, 5) is 5.56. The summed E-state index contributed by atoms with van der Waals surface area (Å²) in [6, 6.07) is 4.16. The summed E-state index contributed by atoms with van der Waals surface area (Å²) in [7, 11) is 0. The van der Waals surface area contributed by atoms with E-state index in [9.17, 15) is 0 Å². The maximum atomic E-state index is 5.84. The third-order valence-electron chi connectivity index (χ3n) is 2.80. The van der Waals surface area contributed by atoms with Crippen molar-refractivity contribution in [2.45, 2.75) is 25.1 Å². The van der Waals surface area contributed by atoms with Gasteiger partial charge in [0.2, 0.25) is 0 Å². The van der Waals surface area contributed by atoms with Gasteiger partial charge in [-0.05, 0) is 11.4 Å². The van der Waals surface area contributed by atoms with Crippen molar-refractivity contribution < 1.29 is 4.74 Å². The van der Waals surface area contributed by atoms with Crippen molar-refractivity contribution in [2.75, 3.05) is 0 Å². The summed E-state index contributed by atoms with van der Waals surface area (Å²) in [6.45, 7) is 1.43. The van der Waals surface area contributed by atoms with E-state index in [4.69, 9.17) is 16.3 Å². The molecule has 1 unspecified atom stereocenters. The highest BCUT2D eigenvalue weighted by Gasteiger charge is 2.23. The van der Waals surface area contributed by atoms with Crippen LogP contribution in [0.2, 0.25) is 0 Å². The Morgan fingerprint density at radius 2 is 2.56 bits per heavy atom. The van der Waals surface area contributed by atoms with E-state index in [-0.39, 0.29) is 6.10 Å². The standard InChI is InChI=1S/C11H11ClN2OS/c12-4-8-9-6-15-10(5-14(9)7-13-8)11-2-1-3-16-11/h1-3,7,10H,4-6H2. The maximum absolute atomic E-state index is 5.84. The number of nitrogens with zero attached hydrogens (tertiary/aromatic N) is 2. The summed E-state index contributed by atoms with van der Waals surface area (Å²) < 4.78 is 7.99. The molecule has 0 N–H and O–H groups in total. The first kappa shape index (κ1) is 10.3. The number of fused-ring (bicyclic) bond motifs is 1. The van der Waals surface area contributed by atoms with Crippen molar-refractivity contribution in [1.82, 2.24) is 9.55 Å². The highest BCUT2D eigenvalue weighted by molar-refractivity contribution is 7.10. The number of hydrogen-bond donors (Lipinski definition) is 0. The van der Waals surface area contributed by atoms with E-state index in [1.807, 2.05) is 6.33 Å². The minimum atomic E-state index is 0.157. The van der Waals surface area contributed by atoms with E-state index in [1.165, 1.54) is 4.88 Å². The normalized spacial score (nSPS) is 19.7. The van der Waals surface area contributed by atoms with Gasteiger partial charge in [0.1, 0.15) is 6.10 Å². The second-order valence-corrected chi connectivity index (χ2v) is 4.99. The lowest BCUT2D eigenvalue weighted by Crippen LogP contribution is -2.20. The molecule has 0 saturated carbocycles. The number of aromatic nitrogens is 2. The molecule has 84 valence electrons. The van der Waals surface area contributed by atoms with Gasteiger partial charge in [0.15, 0.2) is 0 Å². The van der Waals surface area contributed by atoms with Crippen LogP contribution in [0.3, 0.4) is 0 Å². The molecule has 3 heterocycles. The number of alkyl halides is 1. The smallest absolute Gasteiger partial charge is 0.110 e. The molecule has 2 aromatic heterocycles. The molecule has 0 spiro atoms. The molecule has 5 heteroatoms. The predicted octanol–water partition coefficient (Wildman–Crippen LogP) is 2.95. The molecular formula is C11H11ClN2OS. The second-order valence-electron chi connectivity index (χ2n) is 3.74. The average molecular weight is 255 g/mol. The molecule has 16 heavy (non-hydrogen) atoms. The lowest BCUT2D eigenvalue weighted by atomic mass is 10.2. The van der Waals surface area contributed by atoms with Gasteiger partial charge in [-0.2, -0.15) is 0 Å². The quantitative estimate of drug-likeness (QED) is 0.771. The van der Waals surface area contributed by atoms with E-state index < -0.39 is 0 Å². The Balaban J connectivity index is 1.87. The Morgan fingerprint density at radius 1 is 1.62 bits per heavy atom. The van der Waals surface area contributed by atoms with Gasteiger partial charge in [-0.1, -0.05) is 6.07 Å². The largest absolute Gasteiger partial charge is 0.365 e. The average Bonchev–Trinajstić information content (AvgIpc) is 2.97. The zero-order valence-electron chi connectivity index (χ0n) is 8.60. The first-order valence-electron chi connectivity index (χ1n) is 5.12. The van der Waals surface area contributed by atoms with Gasteiger partial charge in [0, 0.05) is 4.88 Å². The fraction of sp³-hybridized carbons (Fsp3) is 0.364. The number of halogens is 1. The molecule has 1 aliphatic heterocycles. The van der Waals surface area contributed by atoms with Crippen LogP contribution in [0.15, 0.2) is 23.8 Å².